The molecule has 0 radical (unpaired) electrons. The van der Waals surface area contributed by atoms with E-state index in [1.807, 2.05) is 20.8 Å². The quantitative estimate of drug-likeness (QED) is 0.812. The largest absolute Gasteiger partial charge is 0.485 e. The number of rotatable bonds is 3. The van der Waals surface area contributed by atoms with Crippen LogP contribution in [0.2, 0.25) is 10.2 Å². The van der Waals surface area contributed by atoms with E-state index in [0.717, 1.165) is 5.56 Å². The summed E-state index contributed by atoms with van der Waals surface area (Å²) >= 11 is 11.8. The zero-order chi connectivity index (χ0) is 15.6. The first-order chi connectivity index (χ1) is 9.79. The fraction of sp³-hybridized carbons (Fsp3) is 0.357. The summed E-state index contributed by atoms with van der Waals surface area (Å²) in [5.74, 6) is 0.247. The van der Waals surface area contributed by atoms with Gasteiger partial charge in [0, 0.05) is 11.8 Å². The standard InChI is InChI=1S/C14H15Cl2N3O2/c1-14(2,3)19-13(20)12(16)10(7-18-19)21-8-9-4-5-11(15)17-6-9/h4-7H,8H2,1-3H3. The molecule has 0 saturated carbocycles. The molecule has 5 nitrogen and oxygen atoms in total. The van der Waals surface area contributed by atoms with Crippen LogP contribution in [0.4, 0.5) is 0 Å². The lowest BCUT2D eigenvalue weighted by Gasteiger charge is -2.21. The summed E-state index contributed by atoms with van der Waals surface area (Å²) in [4.78, 5) is 16.1. The van der Waals surface area contributed by atoms with Gasteiger partial charge in [0.25, 0.3) is 5.56 Å². The van der Waals surface area contributed by atoms with E-state index in [2.05, 4.69) is 10.1 Å². The van der Waals surface area contributed by atoms with Gasteiger partial charge in [-0.05, 0) is 26.8 Å². The van der Waals surface area contributed by atoms with E-state index >= 15 is 0 Å². The van der Waals surface area contributed by atoms with E-state index < -0.39 is 5.54 Å². The molecular weight excluding hydrogens is 313 g/mol. The normalized spacial score (nSPS) is 11.5. The van der Waals surface area contributed by atoms with Crippen molar-refractivity contribution in [3.63, 3.8) is 0 Å². The van der Waals surface area contributed by atoms with Crippen LogP contribution in [0.3, 0.4) is 0 Å². The lowest BCUT2D eigenvalue weighted by molar-refractivity contribution is 0.292. The third-order valence-corrected chi connectivity index (χ3v) is 3.28. The Kier molecular flexibility index (Phi) is 4.54. The molecule has 7 heteroatoms. The molecule has 0 aliphatic heterocycles. The Morgan fingerprint density at radius 2 is 1.95 bits per heavy atom. The minimum absolute atomic E-state index is 0.0156. The topological polar surface area (TPSA) is 57.0 Å². The summed E-state index contributed by atoms with van der Waals surface area (Å²) in [6.45, 7) is 5.84. The second kappa shape index (κ2) is 6.03. The number of ether oxygens (including phenoxy) is 1. The molecule has 0 spiro atoms. The highest BCUT2D eigenvalue weighted by atomic mass is 35.5. The van der Waals surface area contributed by atoms with Crippen LogP contribution in [0.5, 0.6) is 5.75 Å². The van der Waals surface area contributed by atoms with Gasteiger partial charge in [-0.15, -0.1) is 0 Å². The number of halogens is 2. The molecule has 21 heavy (non-hydrogen) atoms. The molecule has 0 N–H and O–H groups in total. The van der Waals surface area contributed by atoms with Crippen LogP contribution in [0.15, 0.2) is 29.3 Å². The van der Waals surface area contributed by atoms with Gasteiger partial charge >= 0.3 is 0 Å². The SMILES string of the molecule is CC(C)(C)n1ncc(OCc2ccc(Cl)nc2)c(Cl)c1=O. The monoisotopic (exact) mass is 327 g/mol. The van der Waals surface area contributed by atoms with Crippen LogP contribution in [0.1, 0.15) is 26.3 Å². The highest BCUT2D eigenvalue weighted by Crippen LogP contribution is 2.21. The zero-order valence-electron chi connectivity index (χ0n) is 11.9. The van der Waals surface area contributed by atoms with Crippen molar-refractivity contribution in [2.24, 2.45) is 0 Å². The number of nitrogens with zero attached hydrogens (tertiary/aromatic N) is 3. The summed E-state index contributed by atoms with van der Waals surface area (Å²) in [6.07, 6.45) is 3.04. The molecule has 0 aromatic carbocycles. The molecule has 2 rings (SSSR count). The highest BCUT2D eigenvalue weighted by molar-refractivity contribution is 6.31. The number of aromatic nitrogens is 3. The Bertz CT molecular complexity index is 691. The van der Waals surface area contributed by atoms with Gasteiger partial charge in [-0.2, -0.15) is 5.10 Å². The van der Waals surface area contributed by atoms with Crippen LogP contribution in [0, 0.1) is 0 Å². The van der Waals surface area contributed by atoms with Crippen LogP contribution < -0.4 is 10.3 Å². The molecule has 0 aliphatic rings. The molecule has 2 aromatic heterocycles. The molecule has 0 unspecified atom stereocenters. The van der Waals surface area contributed by atoms with Gasteiger partial charge in [-0.3, -0.25) is 4.79 Å². The predicted octanol–water partition coefficient (Wildman–Crippen LogP) is 3.28. The van der Waals surface area contributed by atoms with Crippen LogP contribution in [-0.4, -0.2) is 14.8 Å². The van der Waals surface area contributed by atoms with Gasteiger partial charge in [0.05, 0.1) is 11.7 Å². The van der Waals surface area contributed by atoms with Crippen molar-refractivity contribution in [2.75, 3.05) is 0 Å². The van der Waals surface area contributed by atoms with E-state index in [0.29, 0.717) is 5.15 Å². The molecule has 2 heterocycles. The van der Waals surface area contributed by atoms with E-state index in [9.17, 15) is 4.79 Å². The third-order valence-electron chi connectivity index (χ3n) is 2.71. The van der Waals surface area contributed by atoms with Gasteiger partial charge in [-0.25, -0.2) is 9.67 Å². The van der Waals surface area contributed by atoms with Crippen molar-refractivity contribution in [3.8, 4) is 5.75 Å². The minimum atomic E-state index is -0.445. The van der Waals surface area contributed by atoms with Crippen LogP contribution in [-0.2, 0) is 12.1 Å². The van der Waals surface area contributed by atoms with E-state index in [-0.39, 0.29) is 22.9 Å². The zero-order valence-corrected chi connectivity index (χ0v) is 13.4. The number of pyridine rings is 1. The van der Waals surface area contributed by atoms with E-state index in [1.54, 1.807) is 18.3 Å². The molecular formula is C14H15Cl2N3O2. The Balaban J connectivity index is 2.20. The molecule has 0 amide bonds. The summed E-state index contributed by atoms with van der Waals surface area (Å²) in [5.41, 5.74) is -0.00864. The van der Waals surface area contributed by atoms with E-state index in [4.69, 9.17) is 27.9 Å². The van der Waals surface area contributed by atoms with Gasteiger partial charge in [-0.1, -0.05) is 29.3 Å². The Morgan fingerprint density at radius 3 is 2.52 bits per heavy atom. The average Bonchev–Trinajstić information content (AvgIpc) is 2.41. The summed E-state index contributed by atoms with van der Waals surface area (Å²) < 4.78 is 6.85. The van der Waals surface area contributed by atoms with Crippen molar-refractivity contribution >= 4 is 23.2 Å². The van der Waals surface area contributed by atoms with Crippen LogP contribution >= 0.6 is 23.2 Å². The van der Waals surface area contributed by atoms with Crippen LogP contribution in [0.25, 0.3) is 0 Å². The second-order valence-electron chi connectivity index (χ2n) is 5.49. The molecule has 0 fully saturated rings. The predicted molar refractivity (Wildman–Crippen MR) is 82.1 cm³/mol. The molecule has 2 aromatic rings. The maximum absolute atomic E-state index is 12.2. The average molecular weight is 328 g/mol. The smallest absolute Gasteiger partial charge is 0.289 e. The Hall–Kier alpha value is -1.59. The van der Waals surface area contributed by atoms with Gasteiger partial charge in [0.15, 0.2) is 10.8 Å². The molecule has 0 bridgehead atoms. The molecule has 0 atom stereocenters. The van der Waals surface area contributed by atoms with Gasteiger partial charge in [0.1, 0.15) is 11.8 Å². The fourth-order valence-electron chi connectivity index (χ4n) is 1.65. The fourth-order valence-corrected chi connectivity index (χ4v) is 1.94. The Morgan fingerprint density at radius 1 is 1.24 bits per heavy atom. The lowest BCUT2D eigenvalue weighted by Crippen LogP contribution is -2.36. The highest BCUT2D eigenvalue weighted by Gasteiger charge is 2.19. The van der Waals surface area contributed by atoms with Gasteiger partial charge < -0.3 is 4.74 Å². The third kappa shape index (κ3) is 3.74. The summed E-state index contributed by atoms with van der Waals surface area (Å²) in [7, 11) is 0. The number of hydrogen-bond donors (Lipinski definition) is 0. The first-order valence-corrected chi connectivity index (χ1v) is 7.06. The summed E-state index contributed by atoms with van der Waals surface area (Å²) in [6, 6.07) is 3.45. The van der Waals surface area contributed by atoms with Crippen molar-refractivity contribution < 1.29 is 4.74 Å². The lowest BCUT2D eigenvalue weighted by atomic mass is 10.1. The van der Waals surface area contributed by atoms with E-state index in [1.165, 1.54) is 10.9 Å². The molecule has 0 aliphatic carbocycles. The van der Waals surface area contributed by atoms with Crippen molar-refractivity contribution in [2.45, 2.75) is 32.9 Å². The molecule has 112 valence electrons. The Labute approximate surface area is 132 Å². The first kappa shape index (κ1) is 15.8. The maximum Gasteiger partial charge on any atom is 0.289 e. The van der Waals surface area contributed by atoms with Gasteiger partial charge in [0.2, 0.25) is 0 Å². The first-order valence-electron chi connectivity index (χ1n) is 6.30. The van der Waals surface area contributed by atoms with Crippen molar-refractivity contribution in [1.82, 2.24) is 14.8 Å². The van der Waals surface area contributed by atoms with Crippen molar-refractivity contribution in [1.29, 1.82) is 0 Å². The maximum atomic E-state index is 12.2. The second-order valence-corrected chi connectivity index (χ2v) is 6.25. The minimum Gasteiger partial charge on any atom is -0.485 e. The summed E-state index contributed by atoms with van der Waals surface area (Å²) in [5, 5.41) is 4.52. The number of hydrogen-bond acceptors (Lipinski definition) is 4. The van der Waals surface area contributed by atoms with Crippen molar-refractivity contribution in [3.05, 3.63) is 50.6 Å². The molecule has 0 saturated heterocycles.